The fraction of sp³-hybridized carbons (Fsp3) is 0.346. The zero-order chi connectivity index (χ0) is 25.4. The maximum absolute atomic E-state index is 13.2. The van der Waals surface area contributed by atoms with Gasteiger partial charge < -0.3 is 19.2 Å². The highest BCUT2D eigenvalue weighted by Crippen LogP contribution is 2.31. The van der Waals surface area contributed by atoms with Crippen molar-refractivity contribution in [2.45, 2.75) is 44.7 Å². The van der Waals surface area contributed by atoms with Crippen LogP contribution < -0.4 is 15.6 Å². The van der Waals surface area contributed by atoms with E-state index in [4.69, 9.17) is 4.74 Å². The van der Waals surface area contributed by atoms with Crippen LogP contribution in [0.4, 0.5) is 0 Å². The van der Waals surface area contributed by atoms with Crippen LogP contribution in [0.5, 0.6) is 5.75 Å². The van der Waals surface area contributed by atoms with Crippen molar-refractivity contribution in [3.8, 4) is 11.4 Å². The second-order valence-corrected chi connectivity index (χ2v) is 9.19. The van der Waals surface area contributed by atoms with E-state index in [-0.39, 0.29) is 29.3 Å². The molecule has 0 radical (unpaired) electrons. The van der Waals surface area contributed by atoms with Gasteiger partial charge in [0.05, 0.1) is 18.2 Å². The van der Waals surface area contributed by atoms with Crippen molar-refractivity contribution in [3.05, 3.63) is 70.8 Å². The van der Waals surface area contributed by atoms with E-state index in [0.717, 1.165) is 31.1 Å². The average molecular weight is 489 g/mol. The van der Waals surface area contributed by atoms with Gasteiger partial charge in [-0.1, -0.05) is 0 Å². The van der Waals surface area contributed by atoms with Crippen LogP contribution in [0.3, 0.4) is 0 Å². The lowest BCUT2D eigenvalue weighted by atomic mass is 9.90. The fourth-order valence-corrected chi connectivity index (χ4v) is 4.92. The Morgan fingerprint density at radius 2 is 1.92 bits per heavy atom. The van der Waals surface area contributed by atoms with Crippen LogP contribution in [-0.2, 0) is 7.05 Å². The molecule has 1 N–H and O–H groups in total. The van der Waals surface area contributed by atoms with Gasteiger partial charge in [0.15, 0.2) is 11.6 Å². The van der Waals surface area contributed by atoms with Gasteiger partial charge in [-0.3, -0.25) is 14.4 Å². The molecule has 186 valence electrons. The minimum atomic E-state index is -0.215. The standard InChI is InChI=1S/C26H28N6O4/c1-16(33)24-27-10-12-31(24)19-8-6-18(7-9-19)28-25(34)20-13-17-15-32(29-21(17)14-23(20)36-3)22-5-4-11-30(2)26(22)35/h4-5,10-15,18-19H,6-9H2,1-3H3,(H,28,34). The first kappa shape index (κ1) is 23.5. The molecule has 4 aromatic rings. The Kier molecular flexibility index (Phi) is 6.17. The number of carbonyl (C=O) groups is 2. The molecular weight excluding hydrogens is 460 g/mol. The average Bonchev–Trinajstić information content (AvgIpc) is 3.52. The van der Waals surface area contributed by atoms with Crippen LogP contribution >= 0.6 is 0 Å². The first-order valence-corrected chi connectivity index (χ1v) is 11.9. The quantitative estimate of drug-likeness (QED) is 0.418. The predicted octanol–water partition coefficient (Wildman–Crippen LogP) is 3.05. The Balaban J connectivity index is 1.33. The summed E-state index contributed by atoms with van der Waals surface area (Å²) in [4.78, 5) is 41.7. The van der Waals surface area contributed by atoms with Crippen molar-refractivity contribution in [2.75, 3.05) is 7.11 Å². The van der Waals surface area contributed by atoms with Crippen molar-refractivity contribution in [2.24, 2.45) is 7.05 Å². The maximum Gasteiger partial charge on any atom is 0.276 e. The van der Waals surface area contributed by atoms with Crippen molar-refractivity contribution in [1.82, 2.24) is 29.2 Å². The molecule has 3 heterocycles. The molecule has 0 saturated heterocycles. The van der Waals surface area contributed by atoms with Gasteiger partial charge in [-0.05, 0) is 43.9 Å². The summed E-state index contributed by atoms with van der Waals surface area (Å²) in [5, 5.41) is 8.39. The molecule has 3 aromatic heterocycles. The predicted molar refractivity (Wildman–Crippen MR) is 134 cm³/mol. The summed E-state index contributed by atoms with van der Waals surface area (Å²) in [5.74, 6) is 0.639. The highest BCUT2D eigenvalue weighted by atomic mass is 16.5. The molecule has 0 unspecified atom stereocenters. The summed E-state index contributed by atoms with van der Waals surface area (Å²) < 4.78 is 10.5. The summed E-state index contributed by atoms with van der Waals surface area (Å²) in [6.07, 6.45) is 10.2. The number of fused-ring (bicyclic) bond motifs is 1. The molecule has 1 aliphatic carbocycles. The number of nitrogens with one attached hydrogen (secondary N) is 1. The summed E-state index contributed by atoms with van der Waals surface area (Å²) >= 11 is 0. The van der Waals surface area contributed by atoms with Gasteiger partial charge in [0.1, 0.15) is 11.4 Å². The first-order valence-electron chi connectivity index (χ1n) is 11.9. The molecule has 1 amide bonds. The molecule has 5 rings (SSSR count). The monoisotopic (exact) mass is 488 g/mol. The molecule has 36 heavy (non-hydrogen) atoms. The van der Waals surface area contributed by atoms with Gasteiger partial charge in [0.25, 0.3) is 11.5 Å². The van der Waals surface area contributed by atoms with Gasteiger partial charge in [-0.25, -0.2) is 9.67 Å². The number of aromatic nitrogens is 5. The summed E-state index contributed by atoms with van der Waals surface area (Å²) in [7, 11) is 3.20. The summed E-state index contributed by atoms with van der Waals surface area (Å²) in [6, 6.07) is 7.17. The number of rotatable bonds is 6. The lowest BCUT2D eigenvalue weighted by Gasteiger charge is -2.30. The van der Waals surface area contributed by atoms with Gasteiger partial charge in [0.2, 0.25) is 0 Å². The van der Waals surface area contributed by atoms with Crippen LogP contribution in [0.15, 0.2) is 53.8 Å². The molecule has 1 fully saturated rings. The Morgan fingerprint density at radius 3 is 2.64 bits per heavy atom. The van der Waals surface area contributed by atoms with E-state index in [1.165, 1.54) is 23.3 Å². The van der Waals surface area contributed by atoms with Crippen LogP contribution in [0, 0.1) is 0 Å². The zero-order valence-electron chi connectivity index (χ0n) is 20.5. The number of pyridine rings is 1. The number of amides is 1. The normalized spacial score (nSPS) is 17.8. The maximum atomic E-state index is 13.2. The molecule has 10 nitrogen and oxygen atoms in total. The highest BCUT2D eigenvalue weighted by Gasteiger charge is 2.27. The van der Waals surface area contributed by atoms with E-state index in [9.17, 15) is 14.4 Å². The molecule has 1 aromatic carbocycles. The topological polar surface area (TPSA) is 113 Å². The van der Waals surface area contributed by atoms with Gasteiger partial charge in [-0.15, -0.1) is 0 Å². The lowest BCUT2D eigenvalue weighted by Crippen LogP contribution is -2.38. The minimum Gasteiger partial charge on any atom is -0.496 e. The fourth-order valence-electron chi connectivity index (χ4n) is 4.92. The zero-order valence-corrected chi connectivity index (χ0v) is 20.5. The van der Waals surface area contributed by atoms with Crippen molar-refractivity contribution < 1.29 is 14.3 Å². The lowest BCUT2D eigenvalue weighted by molar-refractivity contribution is 0.0919. The van der Waals surface area contributed by atoms with Crippen molar-refractivity contribution in [1.29, 1.82) is 0 Å². The Hall–Kier alpha value is -4.21. The van der Waals surface area contributed by atoms with Crippen LogP contribution in [-0.4, -0.2) is 48.7 Å². The highest BCUT2D eigenvalue weighted by molar-refractivity contribution is 6.01. The van der Waals surface area contributed by atoms with Gasteiger partial charge in [-0.2, -0.15) is 5.10 Å². The largest absolute Gasteiger partial charge is 0.496 e. The van der Waals surface area contributed by atoms with Crippen LogP contribution in [0.1, 0.15) is 59.6 Å². The smallest absolute Gasteiger partial charge is 0.276 e. The van der Waals surface area contributed by atoms with E-state index in [2.05, 4.69) is 15.4 Å². The number of aryl methyl sites for hydroxylation is 1. The number of benzene rings is 1. The molecule has 1 saturated carbocycles. The molecule has 0 bridgehead atoms. The van der Waals surface area contributed by atoms with E-state index in [0.29, 0.717) is 28.3 Å². The summed E-state index contributed by atoms with van der Waals surface area (Å²) in [5.41, 5.74) is 1.29. The number of imidazole rings is 1. The molecule has 0 atom stereocenters. The molecule has 0 aliphatic heterocycles. The first-order chi connectivity index (χ1) is 17.4. The number of hydrogen-bond donors (Lipinski definition) is 1. The van der Waals surface area contributed by atoms with E-state index < -0.39 is 0 Å². The number of carbonyl (C=O) groups excluding carboxylic acids is 2. The van der Waals surface area contributed by atoms with Crippen LogP contribution in [0.2, 0.25) is 0 Å². The third-order valence-electron chi connectivity index (χ3n) is 6.83. The SMILES string of the molecule is COc1cc2nn(-c3cccn(C)c3=O)cc2cc1C(=O)NC1CCC(n2ccnc2C(C)=O)CC1. The number of ketones is 1. The molecule has 1 aliphatic rings. The number of methoxy groups -OCH3 is 1. The number of Topliss-reactive ketones (excluding diaryl/α,β-unsaturated/α-hetero) is 1. The van der Waals surface area contributed by atoms with Crippen LogP contribution in [0.25, 0.3) is 16.6 Å². The minimum absolute atomic E-state index is 0.0218. The third-order valence-corrected chi connectivity index (χ3v) is 6.83. The summed E-state index contributed by atoms with van der Waals surface area (Å²) in [6.45, 7) is 1.53. The Bertz CT molecular complexity index is 1510. The van der Waals surface area contributed by atoms with E-state index >= 15 is 0 Å². The van der Waals surface area contributed by atoms with Crippen molar-refractivity contribution in [3.63, 3.8) is 0 Å². The van der Waals surface area contributed by atoms with E-state index in [1.54, 1.807) is 49.9 Å². The third kappa shape index (κ3) is 4.30. The Labute approximate surface area is 207 Å². The molecular formula is C26H28N6O4. The number of ether oxygens (including phenoxy) is 1. The van der Waals surface area contributed by atoms with E-state index in [1.807, 2.05) is 10.8 Å². The van der Waals surface area contributed by atoms with Gasteiger partial charge in [0, 0.05) is 62.3 Å². The number of nitrogens with zero attached hydrogens (tertiary/aromatic N) is 5. The molecule has 0 spiro atoms. The molecule has 10 heteroatoms. The van der Waals surface area contributed by atoms with Gasteiger partial charge >= 0.3 is 0 Å². The Morgan fingerprint density at radius 1 is 1.14 bits per heavy atom. The second-order valence-electron chi connectivity index (χ2n) is 9.19. The second kappa shape index (κ2) is 9.44. The number of hydrogen-bond acceptors (Lipinski definition) is 6. The van der Waals surface area contributed by atoms with Crippen molar-refractivity contribution >= 4 is 22.6 Å².